The van der Waals surface area contributed by atoms with Crippen molar-refractivity contribution in [3.8, 4) is 0 Å². The molecule has 1 aromatic heterocycles. The van der Waals surface area contributed by atoms with E-state index >= 15 is 0 Å². The number of carbonyl (C=O) groups is 2. The van der Waals surface area contributed by atoms with Gasteiger partial charge in [0.25, 0.3) is 5.91 Å². The summed E-state index contributed by atoms with van der Waals surface area (Å²) in [5.74, 6) is -1.83. The van der Waals surface area contributed by atoms with Crippen molar-refractivity contribution in [1.82, 2.24) is 14.9 Å². The van der Waals surface area contributed by atoms with Crippen molar-refractivity contribution in [2.75, 3.05) is 20.1 Å². The van der Waals surface area contributed by atoms with Gasteiger partial charge in [0, 0.05) is 30.2 Å². The summed E-state index contributed by atoms with van der Waals surface area (Å²) < 4.78 is 54.4. The lowest BCUT2D eigenvalue weighted by Crippen LogP contribution is -2.47. The van der Waals surface area contributed by atoms with Gasteiger partial charge in [-0.25, -0.2) is 21.5 Å². The number of hydrogen-bond donors (Lipinski definition) is 2. The Hall–Kier alpha value is -2.60. The van der Waals surface area contributed by atoms with E-state index in [0.717, 1.165) is 33.8 Å². The number of amides is 2. The smallest absolute Gasteiger partial charge is 0.262 e. The molecular formula is C25H28ClF2N3O4S2. The van der Waals surface area contributed by atoms with Crippen molar-refractivity contribution in [3.05, 3.63) is 64.0 Å². The summed E-state index contributed by atoms with van der Waals surface area (Å²) in [6.45, 7) is 4.07. The molecule has 0 radical (unpaired) electrons. The second-order valence-corrected chi connectivity index (χ2v) is 12.5. The molecule has 200 valence electrons. The molecule has 0 saturated heterocycles. The van der Waals surface area contributed by atoms with Crippen LogP contribution < -0.4 is 10.6 Å². The fourth-order valence-corrected chi connectivity index (χ4v) is 6.37. The molecule has 3 rings (SSSR count). The van der Waals surface area contributed by atoms with E-state index in [2.05, 4.69) is 10.6 Å². The van der Waals surface area contributed by atoms with Gasteiger partial charge in [-0.2, -0.15) is 0 Å². The maximum atomic E-state index is 14.0. The predicted molar refractivity (Wildman–Crippen MR) is 141 cm³/mol. The fraction of sp³-hybridized carbons (Fsp3) is 0.360. The minimum absolute atomic E-state index is 0.0743. The van der Waals surface area contributed by atoms with Gasteiger partial charge in [0.2, 0.25) is 15.9 Å². The molecule has 7 nitrogen and oxygen atoms in total. The van der Waals surface area contributed by atoms with Gasteiger partial charge in [0.05, 0.1) is 9.90 Å². The molecule has 37 heavy (non-hydrogen) atoms. The lowest BCUT2D eigenvalue weighted by Gasteiger charge is -2.21. The molecule has 0 aliphatic rings. The van der Waals surface area contributed by atoms with Crippen molar-refractivity contribution in [1.29, 1.82) is 0 Å². The molecule has 0 bridgehead atoms. The number of fused-ring (bicyclic) bond motifs is 1. The first-order chi connectivity index (χ1) is 17.4. The Kier molecular flexibility index (Phi) is 9.63. The first kappa shape index (κ1) is 29.0. The quantitative estimate of drug-likeness (QED) is 0.323. The van der Waals surface area contributed by atoms with Crippen LogP contribution in [0.1, 0.15) is 36.4 Å². The van der Waals surface area contributed by atoms with E-state index in [0.29, 0.717) is 21.4 Å². The minimum atomic E-state index is -3.94. The zero-order valence-electron chi connectivity index (χ0n) is 20.6. The largest absolute Gasteiger partial charge is 0.354 e. The van der Waals surface area contributed by atoms with E-state index in [1.54, 1.807) is 12.1 Å². The highest BCUT2D eigenvalue weighted by molar-refractivity contribution is 7.89. The molecule has 0 aliphatic heterocycles. The zero-order valence-corrected chi connectivity index (χ0v) is 22.9. The lowest BCUT2D eigenvalue weighted by molar-refractivity contribution is -0.123. The standard InChI is InChI=1S/C25H28ClF2N3O4S2/c1-15(2)12-20(30-25(33)22-14-17-19(28)6-4-7-21(17)36-22)24(32)29-10-5-11-31(3)37(34,35)23-9-8-16(27)13-18(23)26/h4,6-9,13-15,20H,5,10-12H2,1-3H3,(H,29,32)(H,30,33)/t20-/m0/s1. The van der Waals surface area contributed by atoms with Crippen molar-refractivity contribution in [2.45, 2.75) is 37.6 Å². The van der Waals surface area contributed by atoms with Crippen molar-refractivity contribution < 1.29 is 26.8 Å². The summed E-state index contributed by atoms with van der Waals surface area (Å²) in [7, 11) is -2.57. The summed E-state index contributed by atoms with van der Waals surface area (Å²) in [4.78, 5) is 25.8. The summed E-state index contributed by atoms with van der Waals surface area (Å²) in [5, 5.41) is 5.61. The van der Waals surface area contributed by atoms with E-state index in [-0.39, 0.29) is 35.3 Å². The number of nitrogens with zero attached hydrogens (tertiary/aromatic N) is 1. The van der Waals surface area contributed by atoms with E-state index in [9.17, 15) is 26.8 Å². The molecule has 0 fully saturated rings. The molecule has 0 aliphatic carbocycles. The van der Waals surface area contributed by atoms with E-state index in [1.165, 1.54) is 19.2 Å². The number of halogens is 3. The van der Waals surface area contributed by atoms with Gasteiger partial charge >= 0.3 is 0 Å². The molecular weight excluding hydrogens is 544 g/mol. The molecule has 1 heterocycles. The molecule has 2 aromatic carbocycles. The summed E-state index contributed by atoms with van der Waals surface area (Å²) in [6.07, 6.45) is 0.673. The van der Waals surface area contributed by atoms with Gasteiger partial charge in [-0.1, -0.05) is 31.5 Å². The number of rotatable bonds is 11. The average Bonchev–Trinajstić information content (AvgIpc) is 3.26. The third kappa shape index (κ3) is 7.25. The number of nitrogens with one attached hydrogen (secondary N) is 2. The molecule has 1 atom stereocenters. The van der Waals surface area contributed by atoms with Crippen LogP contribution in [-0.4, -0.2) is 50.7 Å². The third-order valence-corrected chi connectivity index (χ3v) is 9.03. The lowest BCUT2D eigenvalue weighted by atomic mass is 10.0. The molecule has 12 heteroatoms. The first-order valence-corrected chi connectivity index (χ1v) is 14.2. The Labute approximate surface area is 223 Å². The maximum absolute atomic E-state index is 14.0. The molecule has 2 N–H and O–H groups in total. The second kappa shape index (κ2) is 12.3. The van der Waals surface area contributed by atoms with Crippen LogP contribution in [0.3, 0.4) is 0 Å². The molecule has 2 amide bonds. The predicted octanol–water partition coefficient (Wildman–Crippen LogP) is 4.80. The number of thiophene rings is 1. The SMILES string of the molecule is CC(C)C[C@H](NC(=O)c1cc2c(F)cccc2s1)C(=O)NCCCN(C)S(=O)(=O)c1ccc(F)cc1Cl. The maximum Gasteiger partial charge on any atom is 0.262 e. The van der Waals surface area contributed by atoms with Crippen LogP contribution in [0.15, 0.2) is 47.4 Å². The van der Waals surface area contributed by atoms with Gasteiger partial charge in [0.15, 0.2) is 0 Å². The number of sulfonamides is 1. The fourth-order valence-electron chi connectivity index (χ4n) is 3.68. The second-order valence-electron chi connectivity index (χ2n) is 8.96. The van der Waals surface area contributed by atoms with Crippen molar-refractivity contribution >= 4 is 54.9 Å². The molecule has 0 spiro atoms. The van der Waals surface area contributed by atoms with Gasteiger partial charge in [0.1, 0.15) is 22.6 Å². The van der Waals surface area contributed by atoms with Gasteiger partial charge in [-0.15, -0.1) is 11.3 Å². The van der Waals surface area contributed by atoms with Crippen LogP contribution in [0, 0.1) is 17.6 Å². The molecule has 0 unspecified atom stereocenters. The highest BCUT2D eigenvalue weighted by Gasteiger charge is 2.25. The van der Waals surface area contributed by atoms with E-state index in [4.69, 9.17) is 11.6 Å². The number of carbonyl (C=O) groups excluding carboxylic acids is 2. The van der Waals surface area contributed by atoms with Crippen LogP contribution in [0.2, 0.25) is 5.02 Å². The van der Waals surface area contributed by atoms with Crippen LogP contribution >= 0.6 is 22.9 Å². The Bertz CT molecular complexity index is 1400. The van der Waals surface area contributed by atoms with Crippen molar-refractivity contribution in [2.24, 2.45) is 5.92 Å². The minimum Gasteiger partial charge on any atom is -0.354 e. The van der Waals surface area contributed by atoms with Crippen LogP contribution in [0.5, 0.6) is 0 Å². The van der Waals surface area contributed by atoms with Gasteiger partial charge in [-0.3, -0.25) is 9.59 Å². The number of hydrogen-bond acceptors (Lipinski definition) is 5. The summed E-state index contributed by atoms with van der Waals surface area (Å²) in [5.41, 5.74) is 0. The third-order valence-electron chi connectivity index (χ3n) is 5.59. The van der Waals surface area contributed by atoms with E-state index < -0.39 is 39.5 Å². The van der Waals surface area contributed by atoms with Gasteiger partial charge in [-0.05, 0) is 55.2 Å². The summed E-state index contributed by atoms with van der Waals surface area (Å²) in [6, 6.07) is 8.33. The van der Waals surface area contributed by atoms with Gasteiger partial charge < -0.3 is 10.6 Å². The monoisotopic (exact) mass is 571 g/mol. The summed E-state index contributed by atoms with van der Waals surface area (Å²) >= 11 is 7.04. The van der Waals surface area contributed by atoms with Crippen LogP contribution in [0.4, 0.5) is 8.78 Å². The highest BCUT2D eigenvalue weighted by atomic mass is 35.5. The zero-order chi connectivity index (χ0) is 27.3. The highest BCUT2D eigenvalue weighted by Crippen LogP contribution is 2.28. The average molecular weight is 572 g/mol. The topological polar surface area (TPSA) is 95.6 Å². The Morgan fingerprint density at radius 2 is 1.86 bits per heavy atom. The molecule has 3 aromatic rings. The Morgan fingerprint density at radius 1 is 1.14 bits per heavy atom. The van der Waals surface area contributed by atoms with E-state index in [1.807, 2.05) is 13.8 Å². The molecule has 0 saturated carbocycles. The van der Waals surface area contributed by atoms with Crippen molar-refractivity contribution in [3.63, 3.8) is 0 Å². The number of benzene rings is 2. The Balaban J connectivity index is 1.57. The van der Waals surface area contributed by atoms with Crippen LogP contribution in [0.25, 0.3) is 10.1 Å². The normalized spacial score (nSPS) is 12.8. The first-order valence-electron chi connectivity index (χ1n) is 11.6. The Morgan fingerprint density at radius 3 is 2.51 bits per heavy atom. The van der Waals surface area contributed by atoms with Crippen LogP contribution in [-0.2, 0) is 14.8 Å².